The number of rotatable bonds is 4. The highest BCUT2D eigenvalue weighted by Crippen LogP contribution is 2.18. The summed E-state index contributed by atoms with van der Waals surface area (Å²) in [5.74, 6) is 0. The van der Waals surface area contributed by atoms with Gasteiger partial charge in [0.15, 0.2) is 0 Å². The van der Waals surface area contributed by atoms with Crippen molar-refractivity contribution in [2.75, 3.05) is 7.05 Å². The van der Waals surface area contributed by atoms with Crippen LogP contribution in [-0.4, -0.2) is 30.4 Å². The van der Waals surface area contributed by atoms with Crippen LogP contribution in [0.2, 0.25) is 0 Å². The molecule has 0 aliphatic rings. The Kier molecular flexibility index (Phi) is 3.77. The summed E-state index contributed by atoms with van der Waals surface area (Å²) in [5, 5.41) is 0. The van der Waals surface area contributed by atoms with Gasteiger partial charge in [0.1, 0.15) is 4.90 Å². The number of hydrogen-bond donors (Lipinski definition) is 1. The molecule has 1 rings (SSSR count). The number of nitrogens with two attached hydrogens (primary N) is 1. The van der Waals surface area contributed by atoms with Gasteiger partial charge in [-0.1, -0.05) is 0 Å². The van der Waals surface area contributed by atoms with E-state index >= 15 is 0 Å². The van der Waals surface area contributed by atoms with Crippen LogP contribution in [0.3, 0.4) is 0 Å². The molecule has 0 aromatic carbocycles. The molecule has 6 heteroatoms. The van der Waals surface area contributed by atoms with Gasteiger partial charge in [0.25, 0.3) is 0 Å². The maximum atomic E-state index is 12.1. The van der Waals surface area contributed by atoms with E-state index < -0.39 is 10.0 Å². The zero-order chi connectivity index (χ0) is 12.5. The molecule has 1 aromatic rings. The van der Waals surface area contributed by atoms with Gasteiger partial charge >= 0.3 is 0 Å². The second-order valence-corrected chi connectivity index (χ2v) is 6.09. The van der Waals surface area contributed by atoms with E-state index in [-0.39, 0.29) is 6.04 Å². The number of sulfonamides is 1. The topological polar surface area (TPSA) is 68.3 Å². The van der Waals surface area contributed by atoms with Crippen LogP contribution < -0.4 is 5.73 Å². The van der Waals surface area contributed by atoms with Crippen molar-refractivity contribution in [1.82, 2.24) is 8.87 Å². The molecule has 0 fully saturated rings. The quantitative estimate of drug-likeness (QED) is 0.840. The lowest BCUT2D eigenvalue weighted by Gasteiger charge is -2.19. The molecule has 16 heavy (non-hydrogen) atoms. The van der Waals surface area contributed by atoms with Gasteiger partial charge in [0, 0.05) is 38.6 Å². The zero-order valence-electron chi connectivity index (χ0n) is 10.1. The zero-order valence-corrected chi connectivity index (χ0v) is 11.0. The second-order valence-electron chi connectivity index (χ2n) is 4.10. The molecule has 1 heterocycles. The van der Waals surface area contributed by atoms with E-state index in [1.54, 1.807) is 30.9 Å². The summed E-state index contributed by atoms with van der Waals surface area (Å²) < 4.78 is 27.3. The van der Waals surface area contributed by atoms with Gasteiger partial charge in [-0.25, -0.2) is 8.42 Å². The Labute approximate surface area is 96.9 Å². The van der Waals surface area contributed by atoms with Gasteiger partial charge in [0.2, 0.25) is 10.0 Å². The number of hydrogen-bond acceptors (Lipinski definition) is 3. The van der Waals surface area contributed by atoms with Crippen LogP contribution in [0, 0.1) is 0 Å². The van der Waals surface area contributed by atoms with E-state index in [1.165, 1.54) is 4.31 Å². The van der Waals surface area contributed by atoms with E-state index in [2.05, 4.69) is 0 Å². The molecule has 0 saturated carbocycles. The lowest BCUT2D eigenvalue weighted by atomic mass is 10.4. The maximum Gasteiger partial charge on any atom is 0.244 e. The van der Waals surface area contributed by atoms with Crippen LogP contribution in [0.5, 0.6) is 0 Å². The predicted molar refractivity (Wildman–Crippen MR) is 63.4 cm³/mol. The molecule has 0 amide bonds. The summed E-state index contributed by atoms with van der Waals surface area (Å²) in [4.78, 5) is 0.298. The molecule has 2 N–H and O–H groups in total. The van der Waals surface area contributed by atoms with Crippen LogP contribution in [0.1, 0.15) is 19.5 Å². The Morgan fingerprint density at radius 3 is 2.44 bits per heavy atom. The lowest BCUT2D eigenvalue weighted by Crippen LogP contribution is -2.32. The Hall–Kier alpha value is -0.850. The molecule has 92 valence electrons. The molecular formula is C10H19N3O2S. The molecule has 5 nitrogen and oxygen atoms in total. The van der Waals surface area contributed by atoms with Crippen molar-refractivity contribution < 1.29 is 8.42 Å². The number of aromatic nitrogens is 1. The minimum absolute atomic E-state index is 0.0634. The monoisotopic (exact) mass is 245 g/mol. The van der Waals surface area contributed by atoms with E-state index in [1.807, 2.05) is 13.8 Å². The lowest BCUT2D eigenvalue weighted by molar-refractivity contribution is 0.410. The van der Waals surface area contributed by atoms with Crippen molar-refractivity contribution in [2.24, 2.45) is 12.8 Å². The van der Waals surface area contributed by atoms with Crippen LogP contribution in [-0.2, 0) is 23.6 Å². The molecule has 0 atom stereocenters. The van der Waals surface area contributed by atoms with Crippen LogP contribution in [0.15, 0.2) is 17.2 Å². The SMILES string of the molecule is CC(C)N(C)S(=O)(=O)c1cc(CN)n(C)c1. The minimum Gasteiger partial charge on any atom is -0.352 e. The third-order valence-electron chi connectivity index (χ3n) is 2.70. The fraction of sp³-hybridized carbons (Fsp3) is 0.600. The summed E-state index contributed by atoms with van der Waals surface area (Å²) in [5.41, 5.74) is 6.32. The highest BCUT2D eigenvalue weighted by molar-refractivity contribution is 7.89. The summed E-state index contributed by atoms with van der Waals surface area (Å²) >= 11 is 0. The van der Waals surface area contributed by atoms with E-state index in [0.29, 0.717) is 11.4 Å². The first kappa shape index (κ1) is 13.2. The molecule has 0 aliphatic carbocycles. The second kappa shape index (κ2) is 4.57. The molecule has 0 unspecified atom stereocenters. The number of aryl methyl sites for hydroxylation is 1. The highest BCUT2D eigenvalue weighted by atomic mass is 32.2. The summed E-state index contributed by atoms with van der Waals surface area (Å²) in [6, 6.07) is 1.56. The van der Waals surface area contributed by atoms with Crippen LogP contribution in [0.25, 0.3) is 0 Å². The van der Waals surface area contributed by atoms with Gasteiger partial charge in [-0.15, -0.1) is 0 Å². The molecule has 0 spiro atoms. The molecule has 0 aliphatic heterocycles. The first-order valence-corrected chi connectivity index (χ1v) is 6.58. The molecule has 0 bridgehead atoms. The van der Waals surface area contributed by atoms with Crippen molar-refractivity contribution in [3.8, 4) is 0 Å². The van der Waals surface area contributed by atoms with Crippen molar-refractivity contribution in [3.05, 3.63) is 18.0 Å². The van der Waals surface area contributed by atoms with Crippen LogP contribution >= 0.6 is 0 Å². The van der Waals surface area contributed by atoms with Gasteiger partial charge < -0.3 is 10.3 Å². The van der Waals surface area contributed by atoms with Gasteiger partial charge in [-0.2, -0.15) is 4.31 Å². The maximum absolute atomic E-state index is 12.1. The third-order valence-corrected chi connectivity index (χ3v) is 4.70. The van der Waals surface area contributed by atoms with Gasteiger partial charge in [-0.3, -0.25) is 0 Å². The smallest absolute Gasteiger partial charge is 0.244 e. The Balaban J connectivity index is 3.17. The molecular weight excluding hydrogens is 226 g/mol. The highest BCUT2D eigenvalue weighted by Gasteiger charge is 2.24. The van der Waals surface area contributed by atoms with Gasteiger partial charge in [0.05, 0.1) is 0 Å². The molecule has 0 saturated heterocycles. The molecule has 1 aromatic heterocycles. The summed E-state index contributed by atoms with van der Waals surface area (Å²) in [7, 11) is -0.0263. The Morgan fingerprint density at radius 2 is 2.06 bits per heavy atom. The summed E-state index contributed by atoms with van der Waals surface area (Å²) in [6.07, 6.45) is 1.59. The average molecular weight is 245 g/mol. The summed E-state index contributed by atoms with van der Waals surface area (Å²) in [6.45, 7) is 4.01. The standard InChI is InChI=1S/C10H19N3O2S/c1-8(2)13(4)16(14,15)10-5-9(6-11)12(3)7-10/h5,7-8H,6,11H2,1-4H3. The normalized spacial score (nSPS) is 12.7. The van der Waals surface area contributed by atoms with Crippen molar-refractivity contribution in [1.29, 1.82) is 0 Å². The van der Waals surface area contributed by atoms with Crippen molar-refractivity contribution >= 4 is 10.0 Å². The van der Waals surface area contributed by atoms with E-state index in [4.69, 9.17) is 5.73 Å². The molecule has 0 radical (unpaired) electrons. The number of nitrogens with zero attached hydrogens (tertiary/aromatic N) is 2. The van der Waals surface area contributed by atoms with E-state index in [0.717, 1.165) is 5.69 Å². The average Bonchev–Trinajstić information content (AvgIpc) is 2.58. The first-order valence-electron chi connectivity index (χ1n) is 5.14. The van der Waals surface area contributed by atoms with Crippen molar-refractivity contribution in [3.63, 3.8) is 0 Å². The third kappa shape index (κ3) is 2.28. The van der Waals surface area contributed by atoms with E-state index in [9.17, 15) is 8.42 Å². The minimum atomic E-state index is -3.39. The van der Waals surface area contributed by atoms with Gasteiger partial charge in [-0.05, 0) is 19.9 Å². The first-order chi connectivity index (χ1) is 7.30. The predicted octanol–water partition coefficient (Wildman–Crippen LogP) is 0.513. The Bertz CT molecular complexity index is 462. The van der Waals surface area contributed by atoms with Crippen LogP contribution in [0.4, 0.5) is 0 Å². The largest absolute Gasteiger partial charge is 0.352 e. The fourth-order valence-corrected chi connectivity index (χ4v) is 2.83. The van der Waals surface area contributed by atoms with Crippen molar-refractivity contribution in [2.45, 2.75) is 31.3 Å². The Morgan fingerprint density at radius 1 is 1.50 bits per heavy atom. The fourth-order valence-electron chi connectivity index (χ4n) is 1.36.